The molecule has 0 aliphatic rings. The molecule has 21 heavy (non-hydrogen) atoms. The minimum Gasteiger partial charge on any atom is -0.478 e. The summed E-state index contributed by atoms with van der Waals surface area (Å²) in [5, 5.41) is 15.4. The lowest BCUT2D eigenvalue weighted by molar-refractivity contribution is -0.141. The summed E-state index contributed by atoms with van der Waals surface area (Å²) in [5.41, 5.74) is -1.39. The molecule has 1 N–H and O–H groups in total. The molecule has 0 saturated carbocycles. The number of alkyl halides is 3. The summed E-state index contributed by atoms with van der Waals surface area (Å²) in [7, 11) is 0. The Hall–Kier alpha value is -2.35. The van der Waals surface area contributed by atoms with Crippen molar-refractivity contribution in [3.05, 3.63) is 46.6 Å². The summed E-state index contributed by atoms with van der Waals surface area (Å²) < 4.78 is 42.1. The predicted octanol–water partition coefficient (Wildman–Crippen LogP) is 3.64. The van der Waals surface area contributed by atoms with Gasteiger partial charge in [-0.1, -0.05) is 11.6 Å². The van der Waals surface area contributed by atoms with Gasteiger partial charge in [0.05, 0.1) is 0 Å². The van der Waals surface area contributed by atoms with Crippen LogP contribution in [0.25, 0.3) is 0 Å². The molecule has 0 atom stereocenters. The lowest BCUT2D eigenvalue weighted by Gasteiger charge is -2.09. The molecule has 0 fully saturated rings. The lowest BCUT2D eigenvalue weighted by Crippen LogP contribution is -2.09. The van der Waals surface area contributed by atoms with E-state index < -0.39 is 17.8 Å². The Kier molecular flexibility index (Phi) is 3.99. The first-order valence-corrected chi connectivity index (χ1v) is 5.77. The monoisotopic (exact) mass is 318 g/mol. The summed E-state index contributed by atoms with van der Waals surface area (Å²) >= 11 is 5.72. The molecule has 5 nitrogen and oxygen atoms in total. The van der Waals surface area contributed by atoms with Crippen LogP contribution < -0.4 is 4.74 Å². The zero-order chi connectivity index (χ0) is 15.6. The molecule has 0 saturated heterocycles. The molecule has 2 aromatic rings. The molecule has 9 heteroatoms. The summed E-state index contributed by atoms with van der Waals surface area (Å²) in [5.74, 6) is -1.71. The zero-order valence-corrected chi connectivity index (χ0v) is 10.8. The number of carboxylic acid groups (broad SMARTS) is 1. The highest BCUT2D eigenvalue weighted by Gasteiger charge is 2.33. The number of carbonyl (C=O) groups is 1. The number of halogens is 4. The van der Waals surface area contributed by atoms with Gasteiger partial charge in [0.1, 0.15) is 11.3 Å². The van der Waals surface area contributed by atoms with Gasteiger partial charge < -0.3 is 9.84 Å². The summed E-state index contributed by atoms with van der Waals surface area (Å²) in [6.45, 7) is 0. The Labute approximate surface area is 120 Å². The van der Waals surface area contributed by atoms with Crippen LogP contribution in [0, 0.1) is 0 Å². The Morgan fingerprint density at radius 3 is 2.43 bits per heavy atom. The normalized spacial score (nSPS) is 11.2. The Balaban J connectivity index is 2.30. The van der Waals surface area contributed by atoms with Gasteiger partial charge in [-0.05, 0) is 18.2 Å². The van der Waals surface area contributed by atoms with E-state index in [1.54, 1.807) is 0 Å². The standard InChI is InChI=1S/C12H6ClF3N2O3/c13-6-1-2-7(11(19)20)8(5-6)21-10-4-3-9(17-18-10)12(14,15)16/h1-5H,(H,19,20). The molecule has 0 aliphatic carbocycles. The topological polar surface area (TPSA) is 72.3 Å². The van der Waals surface area contributed by atoms with Crippen molar-refractivity contribution in [2.45, 2.75) is 6.18 Å². The molecule has 2 rings (SSSR count). The molecule has 0 bridgehead atoms. The van der Waals surface area contributed by atoms with Gasteiger partial charge in [-0.15, -0.1) is 10.2 Å². The van der Waals surface area contributed by atoms with E-state index in [1.165, 1.54) is 18.2 Å². The van der Waals surface area contributed by atoms with Crippen molar-refractivity contribution >= 4 is 17.6 Å². The van der Waals surface area contributed by atoms with Crippen molar-refractivity contribution in [2.24, 2.45) is 0 Å². The van der Waals surface area contributed by atoms with Gasteiger partial charge in [0, 0.05) is 17.2 Å². The van der Waals surface area contributed by atoms with E-state index in [2.05, 4.69) is 10.2 Å². The maximum absolute atomic E-state index is 12.3. The molecule has 1 aromatic carbocycles. The maximum atomic E-state index is 12.3. The quantitative estimate of drug-likeness (QED) is 0.935. The van der Waals surface area contributed by atoms with Gasteiger partial charge in [0.15, 0.2) is 5.69 Å². The third kappa shape index (κ3) is 3.60. The first-order valence-electron chi connectivity index (χ1n) is 5.39. The van der Waals surface area contributed by atoms with Crippen molar-refractivity contribution in [1.82, 2.24) is 10.2 Å². The Morgan fingerprint density at radius 1 is 1.19 bits per heavy atom. The van der Waals surface area contributed by atoms with E-state index in [9.17, 15) is 18.0 Å². The van der Waals surface area contributed by atoms with Gasteiger partial charge in [0.2, 0.25) is 5.88 Å². The number of rotatable bonds is 3. The number of nitrogens with zero attached hydrogens (tertiary/aromatic N) is 2. The number of hydrogen-bond acceptors (Lipinski definition) is 4. The average molecular weight is 319 g/mol. The summed E-state index contributed by atoms with van der Waals surface area (Å²) in [6, 6.07) is 5.37. The van der Waals surface area contributed by atoms with E-state index in [-0.39, 0.29) is 22.2 Å². The van der Waals surface area contributed by atoms with Crippen LogP contribution in [-0.4, -0.2) is 21.3 Å². The van der Waals surface area contributed by atoms with E-state index in [0.29, 0.717) is 6.07 Å². The first kappa shape index (κ1) is 15.0. The largest absolute Gasteiger partial charge is 0.478 e. The second-order valence-electron chi connectivity index (χ2n) is 3.80. The van der Waals surface area contributed by atoms with Crippen LogP contribution in [-0.2, 0) is 6.18 Å². The minimum absolute atomic E-state index is 0.149. The van der Waals surface area contributed by atoms with Gasteiger partial charge in [-0.2, -0.15) is 13.2 Å². The number of aromatic carboxylic acids is 1. The number of hydrogen-bond donors (Lipinski definition) is 1. The van der Waals surface area contributed by atoms with Crippen LogP contribution in [0.3, 0.4) is 0 Å². The van der Waals surface area contributed by atoms with Crippen LogP contribution in [0.15, 0.2) is 30.3 Å². The number of benzene rings is 1. The van der Waals surface area contributed by atoms with E-state index in [1.807, 2.05) is 0 Å². The maximum Gasteiger partial charge on any atom is 0.435 e. The van der Waals surface area contributed by atoms with Crippen molar-refractivity contribution < 1.29 is 27.8 Å². The van der Waals surface area contributed by atoms with Crippen molar-refractivity contribution in [2.75, 3.05) is 0 Å². The van der Waals surface area contributed by atoms with Crippen LogP contribution in [0.4, 0.5) is 13.2 Å². The van der Waals surface area contributed by atoms with Gasteiger partial charge in [-0.3, -0.25) is 0 Å². The molecular formula is C12H6ClF3N2O3. The second kappa shape index (κ2) is 5.57. The fourth-order valence-electron chi connectivity index (χ4n) is 1.40. The number of ether oxygens (including phenoxy) is 1. The third-order valence-corrected chi connectivity index (χ3v) is 2.55. The minimum atomic E-state index is -4.62. The smallest absolute Gasteiger partial charge is 0.435 e. The van der Waals surface area contributed by atoms with Crippen LogP contribution >= 0.6 is 11.6 Å². The first-order chi connectivity index (χ1) is 9.77. The molecule has 1 heterocycles. The summed E-state index contributed by atoms with van der Waals surface area (Å²) in [4.78, 5) is 11.0. The fraction of sp³-hybridized carbons (Fsp3) is 0.0833. The number of aromatic nitrogens is 2. The van der Waals surface area contributed by atoms with Gasteiger partial charge in [0.25, 0.3) is 0 Å². The van der Waals surface area contributed by atoms with Gasteiger partial charge >= 0.3 is 12.1 Å². The third-order valence-electron chi connectivity index (χ3n) is 2.32. The molecular weight excluding hydrogens is 313 g/mol. The molecule has 110 valence electrons. The number of carboxylic acids is 1. The van der Waals surface area contributed by atoms with Crippen molar-refractivity contribution in [3.63, 3.8) is 0 Å². The predicted molar refractivity (Wildman–Crippen MR) is 65.5 cm³/mol. The molecule has 0 aliphatic heterocycles. The zero-order valence-electron chi connectivity index (χ0n) is 10.1. The van der Waals surface area contributed by atoms with Crippen LogP contribution in [0.1, 0.15) is 16.1 Å². The average Bonchev–Trinajstić information content (AvgIpc) is 2.38. The highest BCUT2D eigenvalue weighted by Crippen LogP contribution is 2.30. The molecule has 0 unspecified atom stereocenters. The molecule has 0 amide bonds. The molecule has 1 aromatic heterocycles. The fourth-order valence-corrected chi connectivity index (χ4v) is 1.56. The van der Waals surface area contributed by atoms with Crippen LogP contribution in [0.2, 0.25) is 5.02 Å². The lowest BCUT2D eigenvalue weighted by atomic mass is 10.2. The highest BCUT2D eigenvalue weighted by molar-refractivity contribution is 6.30. The Morgan fingerprint density at radius 2 is 1.90 bits per heavy atom. The van der Waals surface area contributed by atoms with Gasteiger partial charge in [-0.25, -0.2) is 4.79 Å². The Bertz CT molecular complexity index is 674. The van der Waals surface area contributed by atoms with Crippen molar-refractivity contribution in [1.29, 1.82) is 0 Å². The molecule has 0 spiro atoms. The van der Waals surface area contributed by atoms with E-state index >= 15 is 0 Å². The SMILES string of the molecule is O=C(O)c1ccc(Cl)cc1Oc1ccc(C(F)(F)F)nn1. The molecule has 0 radical (unpaired) electrons. The van der Waals surface area contributed by atoms with Crippen molar-refractivity contribution in [3.8, 4) is 11.6 Å². The van der Waals surface area contributed by atoms with E-state index in [4.69, 9.17) is 21.4 Å². The van der Waals surface area contributed by atoms with E-state index in [0.717, 1.165) is 6.07 Å². The second-order valence-corrected chi connectivity index (χ2v) is 4.24. The highest BCUT2D eigenvalue weighted by atomic mass is 35.5. The summed E-state index contributed by atoms with van der Waals surface area (Å²) in [6.07, 6.45) is -4.62. The van der Waals surface area contributed by atoms with Crippen LogP contribution in [0.5, 0.6) is 11.6 Å².